The monoisotopic (exact) mass is 506 g/mol. The van der Waals surface area contributed by atoms with Crippen LogP contribution in [0.2, 0.25) is 5.02 Å². The number of aromatic amines is 1. The fourth-order valence-corrected chi connectivity index (χ4v) is 5.41. The summed E-state index contributed by atoms with van der Waals surface area (Å²) in [7, 11) is 0. The Morgan fingerprint density at radius 2 is 1.86 bits per heavy atom. The van der Waals surface area contributed by atoms with Gasteiger partial charge < -0.3 is 19.5 Å². The van der Waals surface area contributed by atoms with Crippen LogP contribution in [0, 0.1) is 6.92 Å². The van der Waals surface area contributed by atoms with E-state index in [4.69, 9.17) is 16.3 Å². The van der Waals surface area contributed by atoms with Crippen molar-refractivity contribution in [3.63, 3.8) is 0 Å². The number of halogens is 1. The molecule has 6 rings (SSSR count). The third kappa shape index (κ3) is 4.02. The van der Waals surface area contributed by atoms with E-state index in [0.29, 0.717) is 60.9 Å². The second-order valence-corrected chi connectivity index (χ2v) is 9.91. The normalized spacial score (nSPS) is 17.3. The molecule has 1 N–H and O–H groups in total. The average molecular weight is 507 g/mol. The third-order valence-electron chi connectivity index (χ3n) is 7.28. The number of nitrogens with zero attached hydrogens (tertiary/aromatic N) is 5. The van der Waals surface area contributed by atoms with E-state index in [9.17, 15) is 9.59 Å². The molecule has 4 aromatic rings. The van der Waals surface area contributed by atoms with Crippen LogP contribution < -0.4 is 10.5 Å². The zero-order valence-electron chi connectivity index (χ0n) is 20.0. The first-order valence-electron chi connectivity index (χ1n) is 12.3. The lowest BCUT2D eigenvalue weighted by molar-refractivity contribution is 0.0675. The molecule has 2 aliphatic rings. The number of carbonyl (C=O) groups is 1. The van der Waals surface area contributed by atoms with Crippen LogP contribution in [0.3, 0.4) is 0 Å². The number of aryl methyl sites for hydroxylation is 1. The molecule has 0 spiro atoms. The summed E-state index contributed by atoms with van der Waals surface area (Å²) < 4.78 is 7.48. The molecule has 1 aromatic carbocycles. The number of anilines is 1. The van der Waals surface area contributed by atoms with Gasteiger partial charge in [0.2, 0.25) is 0 Å². The smallest absolute Gasteiger partial charge is 0.259 e. The highest BCUT2D eigenvalue weighted by Crippen LogP contribution is 2.30. The molecule has 3 aromatic heterocycles. The zero-order valence-corrected chi connectivity index (χ0v) is 20.8. The second-order valence-electron chi connectivity index (χ2n) is 9.48. The second kappa shape index (κ2) is 9.22. The molecule has 9 nitrogen and oxygen atoms in total. The summed E-state index contributed by atoms with van der Waals surface area (Å²) in [4.78, 5) is 37.9. The summed E-state index contributed by atoms with van der Waals surface area (Å²) in [5.74, 6) is 0.857. The van der Waals surface area contributed by atoms with Crippen LogP contribution in [-0.2, 0) is 4.74 Å². The van der Waals surface area contributed by atoms with Crippen LogP contribution in [0.5, 0.6) is 0 Å². The molecule has 2 fully saturated rings. The van der Waals surface area contributed by atoms with Gasteiger partial charge in [0.15, 0.2) is 0 Å². The Labute approximate surface area is 212 Å². The summed E-state index contributed by atoms with van der Waals surface area (Å²) in [6, 6.07) is 7.72. The number of aromatic nitrogens is 4. The number of benzene rings is 1. The summed E-state index contributed by atoms with van der Waals surface area (Å²) in [5, 5.41) is 6.57. The van der Waals surface area contributed by atoms with Gasteiger partial charge in [-0.2, -0.15) is 5.10 Å². The highest BCUT2D eigenvalue weighted by molar-refractivity contribution is 6.30. The number of pyridine rings is 2. The number of fused-ring (bicyclic) bond motifs is 3. The van der Waals surface area contributed by atoms with Crippen molar-refractivity contribution in [2.45, 2.75) is 25.8 Å². The van der Waals surface area contributed by atoms with Crippen molar-refractivity contribution < 1.29 is 9.53 Å². The van der Waals surface area contributed by atoms with Crippen LogP contribution in [-0.4, -0.2) is 69.9 Å². The van der Waals surface area contributed by atoms with Gasteiger partial charge in [-0.25, -0.2) is 4.98 Å². The van der Waals surface area contributed by atoms with Crippen molar-refractivity contribution in [3.05, 3.63) is 63.2 Å². The van der Waals surface area contributed by atoms with Gasteiger partial charge in [0.1, 0.15) is 5.82 Å². The Kier molecular flexibility index (Phi) is 5.89. The number of ether oxygens (including phenoxy) is 1. The predicted molar refractivity (Wildman–Crippen MR) is 139 cm³/mol. The Balaban J connectivity index is 1.33. The minimum Gasteiger partial charge on any atom is -0.381 e. The van der Waals surface area contributed by atoms with Gasteiger partial charge in [0.05, 0.1) is 33.7 Å². The van der Waals surface area contributed by atoms with Crippen molar-refractivity contribution in [2.24, 2.45) is 0 Å². The van der Waals surface area contributed by atoms with Gasteiger partial charge in [-0.3, -0.25) is 14.3 Å². The van der Waals surface area contributed by atoms with Crippen LogP contribution in [0.1, 0.15) is 34.8 Å². The van der Waals surface area contributed by atoms with E-state index in [2.05, 4.69) is 20.0 Å². The van der Waals surface area contributed by atoms with Crippen molar-refractivity contribution in [3.8, 4) is 0 Å². The quantitative estimate of drug-likeness (QED) is 0.456. The summed E-state index contributed by atoms with van der Waals surface area (Å²) in [6.45, 7) is 5.85. The van der Waals surface area contributed by atoms with Crippen molar-refractivity contribution in [1.29, 1.82) is 0 Å². The maximum Gasteiger partial charge on any atom is 0.259 e. The van der Waals surface area contributed by atoms with E-state index in [-0.39, 0.29) is 17.5 Å². The minimum absolute atomic E-state index is 0.00500. The molecule has 1 amide bonds. The Morgan fingerprint density at radius 1 is 1.08 bits per heavy atom. The van der Waals surface area contributed by atoms with E-state index in [1.165, 1.54) is 0 Å². The molecule has 10 heteroatoms. The first kappa shape index (κ1) is 23.0. The molecular formula is C26H27ClN6O3. The Hall–Kier alpha value is -3.43. The number of amides is 1. The number of hydrogen-bond donors (Lipinski definition) is 1. The largest absolute Gasteiger partial charge is 0.381 e. The molecule has 2 aliphatic heterocycles. The van der Waals surface area contributed by atoms with Gasteiger partial charge in [-0.05, 0) is 49.6 Å². The maximum absolute atomic E-state index is 13.6. The lowest BCUT2D eigenvalue weighted by atomic mass is 10.0. The summed E-state index contributed by atoms with van der Waals surface area (Å²) >= 11 is 5.97. The van der Waals surface area contributed by atoms with Crippen LogP contribution in [0.4, 0.5) is 5.82 Å². The van der Waals surface area contributed by atoms with Crippen molar-refractivity contribution >= 4 is 45.1 Å². The van der Waals surface area contributed by atoms with Gasteiger partial charge in [0.25, 0.3) is 11.5 Å². The molecular weight excluding hydrogens is 480 g/mol. The Morgan fingerprint density at radius 3 is 2.58 bits per heavy atom. The minimum atomic E-state index is -0.166. The van der Waals surface area contributed by atoms with Gasteiger partial charge in [-0.15, -0.1) is 0 Å². The highest BCUT2D eigenvalue weighted by Gasteiger charge is 2.26. The summed E-state index contributed by atoms with van der Waals surface area (Å²) in [5.41, 5.74) is 2.82. The summed E-state index contributed by atoms with van der Waals surface area (Å²) in [6.07, 6.45) is 4.96. The lowest BCUT2D eigenvalue weighted by Gasteiger charge is -2.35. The molecule has 36 heavy (non-hydrogen) atoms. The van der Waals surface area contributed by atoms with E-state index >= 15 is 0 Å². The van der Waals surface area contributed by atoms with E-state index < -0.39 is 0 Å². The predicted octanol–water partition coefficient (Wildman–Crippen LogP) is 3.55. The number of H-pyrrole nitrogens is 1. The maximum atomic E-state index is 13.6. The number of piperazine rings is 1. The molecule has 0 aliphatic carbocycles. The third-order valence-corrected chi connectivity index (χ3v) is 7.50. The molecule has 5 heterocycles. The molecule has 0 atom stereocenters. The first-order chi connectivity index (χ1) is 17.5. The first-order valence-corrected chi connectivity index (χ1v) is 12.6. The number of hydrogen-bond acceptors (Lipinski definition) is 6. The molecule has 0 unspecified atom stereocenters. The van der Waals surface area contributed by atoms with Crippen LogP contribution in [0.15, 0.2) is 41.5 Å². The van der Waals surface area contributed by atoms with Crippen molar-refractivity contribution in [2.75, 3.05) is 44.3 Å². The highest BCUT2D eigenvalue weighted by atomic mass is 35.5. The number of nitrogens with one attached hydrogen (secondary N) is 1. The fraction of sp³-hybridized carbons (Fsp3) is 0.385. The van der Waals surface area contributed by atoms with E-state index in [0.717, 1.165) is 35.1 Å². The standard InChI is InChI=1S/C26H27ClN6O3/c1-16-12-22-20(24-21(25(34)30-22)15-29-33(24)18-4-10-36-11-5-18)13-19(16)26(35)32-8-6-31(7-9-32)23-3-2-17(27)14-28-23/h2-3,12-15,18H,4-11H2,1H3,(H,30,34). The number of carbonyl (C=O) groups excluding carboxylic acids is 1. The van der Waals surface area contributed by atoms with Crippen molar-refractivity contribution in [1.82, 2.24) is 24.6 Å². The van der Waals surface area contributed by atoms with E-state index in [1.54, 1.807) is 12.4 Å². The van der Waals surface area contributed by atoms with Crippen LogP contribution >= 0.6 is 11.6 Å². The molecule has 0 bridgehead atoms. The number of rotatable bonds is 3. The molecule has 186 valence electrons. The fourth-order valence-electron chi connectivity index (χ4n) is 5.29. The average Bonchev–Trinajstić information content (AvgIpc) is 3.35. The van der Waals surface area contributed by atoms with Crippen LogP contribution in [0.25, 0.3) is 21.8 Å². The SMILES string of the molecule is Cc1cc2[nH]c(=O)c3cnn(C4CCOCC4)c3c2cc1C(=O)N1CCN(c2ccc(Cl)cn2)CC1. The van der Waals surface area contributed by atoms with Gasteiger partial charge in [0, 0.05) is 56.5 Å². The van der Waals surface area contributed by atoms with Gasteiger partial charge in [-0.1, -0.05) is 11.6 Å². The van der Waals surface area contributed by atoms with E-state index in [1.807, 2.05) is 40.8 Å². The Bertz CT molecular complexity index is 1500. The lowest BCUT2D eigenvalue weighted by Crippen LogP contribution is -2.49. The molecule has 2 saturated heterocycles. The topological polar surface area (TPSA) is 96.3 Å². The molecule has 0 saturated carbocycles. The zero-order chi connectivity index (χ0) is 24.8. The van der Waals surface area contributed by atoms with Gasteiger partial charge >= 0.3 is 0 Å². The molecule has 0 radical (unpaired) electrons.